The number of nitrogens with zero attached hydrogens (tertiary/aromatic N) is 2. The molecule has 2 aromatic carbocycles. The Kier molecular flexibility index (Phi) is 4.39. The molecule has 1 aliphatic rings. The summed E-state index contributed by atoms with van der Waals surface area (Å²) in [6.07, 6.45) is -0.522. The lowest BCUT2D eigenvalue weighted by molar-refractivity contribution is 0.190. The van der Waals surface area contributed by atoms with E-state index in [1.807, 2.05) is 54.4 Å². The predicted octanol–water partition coefficient (Wildman–Crippen LogP) is 3.64. The Hall–Kier alpha value is -1.55. The molecule has 1 heterocycles. The summed E-state index contributed by atoms with van der Waals surface area (Å²) in [5, 5.41) is 11.4. The lowest BCUT2D eigenvalue weighted by atomic mass is 9.98. The second kappa shape index (κ2) is 6.29. The molecule has 0 bridgehead atoms. The smallest absolute Gasteiger partial charge is 0.0909 e. The van der Waals surface area contributed by atoms with Crippen LogP contribution in [0.5, 0.6) is 0 Å². The standard InChI is InChI=1S/C17H16Cl2N2O/c1-21-10-12(22)9-20-17(13-4-2-3-5-15(13)19)14-8-11(18)6-7-16(14)21/h2-8,12,22H,9-10H2,1H3/b20-17-. The highest BCUT2D eigenvalue weighted by molar-refractivity contribution is 6.36. The van der Waals surface area contributed by atoms with Crippen LogP contribution in [0.4, 0.5) is 5.69 Å². The van der Waals surface area contributed by atoms with Gasteiger partial charge in [0.1, 0.15) is 0 Å². The van der Waals surface area contributed by atoms with Crippen LogP contribution in [0.15, 0.2) is 47.5 Å². The van der Waals surface area contributed by atoms with E-state index in [2.05, 4.69) is 4.99 Å². The molecule has 0 aliphatic carbocycles. The lowest BCUT2D eigenvalue weighted by Crippen LogP contribution is -2.34. The van der Waals surface area contributed by atoms with Crippen molar-refractivity contribution in [3.05, 3.63) is 63.6 Å². The topological polar surface area (TPSA) is 35.8 Å². The minimum Gasteiger partial charge on any atom is -0.389 e. The van der Waals surface area contributed by atoms with Gasteiger partial charge in [-0.3, -0.25) is 4.99 Å². The van der Waals surface area contributed by atoms with E-state index in [-0.39, 0.29) is 0 Å². The Balaban J connectivity index is 2.23. The van der Waals surface area contributed by atoms with Crippen molar-refractivity contribution in [3.63, 3.8) is 0 Å². The van der Waals surface area contributed by atoms with E-state index in [9.17, 15) is 5.11 Å². The quantitative estimate of drug-likeness (QED) is 0.864. The number of aliphatic imine (C=N–C) groups is 1. The van der Waals surface area contributed by atoms with Crippen molar-refractivity contribution in [2.75, 3.05) is 25.0 Å². The first-order chi connectivity index (χ1) is 10.6. The third-order valence-corrected chi connectivity index (χ3v) is 4.26. The number of β-amino-alcohol motifs (C(OH)–C–C–N with tert-alkyl or cyclic N) is 1. The Bertz CT molecular complexity index is 730. The van der Waals surface area contributed by atoms with Crippen molar-refractivity contribution >= 4 is 34.6 Å². The first-order valence-corrected chi connectivity index (χ1v) is 7.80. The van der Waals surface area contributed by atoms with E-state index >= 15 is 0 Å². The molecule has 1 aliphatic heterocycles. The fourth-order valence-corrected chi connectivity index (χ4v) is 3.07. The van der Waals surface area contributed by atoms with Gasteiger partial charge in [0.25, 0.3) is 0 Å². The summed E-state index contributed by atoms with van der Waals surface area (Å²) >= 11 is 12.5. The normalized spacial score (nSPS) is 20.6. The van der Waals surface area contributed by atoms with Crippen molar-refractivity contribution in [3.8, 4) is 0 Å². The number of halogens is 2. The highest BCUT2D eigenvalue weighted by Crippen LogP contribution is 2.30. The average Bonchev–Trinajstić information content (AvgIpc) is 2.48. The van der Waals surface area contributed by atoms with Crippen LogP contribution in [0.3, 0.4) is 0 Å². The molecule has 1 atom stereocenters. The summed E-state index contributed by atoms with van der Waals surface area (Å²) in [6.45, 7) is 0.852. The van der Waals surface area contributed by atoms with Gasteiger partial charge in [-0.15, -0.1) is 0 Å². The molecule has 0 saturated heterocycles. The molecule has 1 unspecified atom stereocenters. The van der Waals surface area contributed by atoms with Crippen LogP contribution >= 0.6 is 23.2 Å². The number of hydrogen-bond donors (Lipinski definition) is 1. The number of aliphatic hydroxyl groups is 1. The highest BCUT2D eigenvalue weighted by Gasteiger charge is 2.21. The van der Waals surface area contributed by atoms with Gasteiger partial charge >= 0.3 is 0 Å². The number of aliphatic hydroxyl groups excluding tert-OH is 1. The largest absolute Gasteiger partial charge is 0.389 e. The van der Waals surface area contributed by atoms with Gasteiger partial charge in [-0.2, -0.15) is 0 Å². The zero-order chi connectivity index (χ0) is 15.7. The van der Waals surface area contributed by atoms with E-state index in [1.54, 1.807) is 0 Å². The van der Waals surface area contributed by atoms with Gasteiger partial charge in [-0.25, -0.2) is 0 Å². The number of fused-ring (bicyclic) bond motifs is 1. The maximum atomic E-state index is 10.1. The monoisotopic (exact) mass is 334 g/mol. The van der Waals surface area contributed by atoms with Crippen LogP contribution in [-0.4, -0.2) is 37.1 Å². The lowest BCUT2D eigenvalue weighted by Gasteiger charge is -2.28. The van der Waals surface area contributed by atoms with E-state index in [1.165, 1.54) is 0 Å². The molecule has 0 aromatic heterocycles. The Morgan fingerprint density at radius 2 is 1.91 bits per heavy atom. The van der Waals surface area contributed by atoms with Gasteiger partial charge in [0.2, 0.25) is 0 Å². The Labute approximate surface area is 139 Å². The first kappa shape index (κ1) is 15.3. The van der Waals surface area contributed by atoms with Gasteiger partial charge < -0.3 is 10.0 Å². The molecule has 1 N–H and O–H groups in total. The minimum absolute atomic E-state index is 0.330. The van der Waals surface area contributed by atoms with Crippen LogP contribution in [0.1, 0.15) is 11.1 Å². The van der Waals surface area contributed by atoms with Gasteiger partial charge in [-0.05, 0) is 24.3 Å². The van der Waals surface area contributed by atoms with Crippen molar-refractivity contribution < 1.29 is 5.11 Å². The molecule has 22 heavy (non-hydrogen) atoms. The predicted molar refractivity (Wildman–Crippen MR) is 92.7 cm³/mol. The molecule has 3 rings (SSSR count). The Morgan fingerprint density at radius 1 is 1.14 bits per heavy atom. The number of anilines is 1. The fourth-order valence-electron chi connectivity index (χ4n) is 2.67. The molecule has 0 spiro atoms. The molecule has 0 fully saturated rings. The molecule has 3 nitrogen and oxygen atoms in total. The van der Waals surface area contributed by atoms with Crippen LogP contribution < -0.4 is 4.90 Å². The van der Waals surface area contributed by atoms with Crippen LogP contribution in [0.2, 0.25) is 10.0 Å². The second-order valence-corrected chi connectivity index (χ2v) is 6.21. The zero-order valence-electron chi connectivity index (χ0n) is 12.1. The molecule has 5 heteroatoms. The summed E-state index contributed by atoms with van der Waals surface area (Å²) in [7, 11) is 1.95. The summed E-state index contributed by atoms with van der Waals surface area (Å²) in [4.78, 5) is 6.62. The van der Waals surface area contributed by atoms with Gasteiger partial charge in [-0.1, -0.05) is 41.4 Å². The minimum atomic E-state index is -0.522. The van der Waals surface area contributed by atoms with E-state index < -0.39 is 6.10 Å². The molecular weight excluding hydrogens is 319 g/mol. The van der Waals surface area contributed by atoms with Crippen LogP contribution in [0, 0.1) is 0 Å². The van der Waals surface area contributed by atoms with E-state index in [0.29, 0.717) is 23.1 Å². The van der Waals surface area contributed by atoms with Gasteiger partial charge in [0, 0.05) is 40.5 Å². The van der Waals surface area contributed by atoms with Crippen molar-refractivity contribution in [1.82, 2.24) is 0 Å². The summed E-state index contributed by atoms with van der Waals surface area (Å²) in [5.41, 5.74) is 3.50. The summed E-state index contributed by atoms with van der Waals surface area (Å²) in [5.74, 6) is 0. The number of rotatable bonds is 1. The van der Waals surface area contributed by atoms with E-state index in [0.717, 1.165) is 22.5 Å². The molecule has 0 radical (unpaired) electrons. The van der Waals surface area contributed by atoms with Crippen LogP contribution in [0.25, 0.3) is 0 Å². The second-order valence-electron chi connectivity index (χ2n) is 5.36. The van der Waals surface area contributed by atoms with Crippen LogP contribution in [-0.2, 0) is 0 Å². The molecule has 0 amide bonds. The van der Waals surface area contributed by atoms with E-state index in [4.69, 9.17) is 23.2 Å². The maximum absolute atomic E-state index is 10.1. The third kappa shape index (κ3) is 2.98. The summed E-state index contributed by atoms with van der Waals surface area (Å²) in [6, 6.07) is 13.3. The first-order valence-electron chi connectivity index (χ1n) is 7.04. The maximum Gasteiger partial charge on any atom is 0.0909 e. The van der Waals surface area contributed by atoms with Crippen molar-refractivity contribution in [2.45, 2.75) is 6.10 Å². The number of hydrogen-bond acceptors (Lipinski definition) is 3. The molecule has 114 valence electrons. The van der Waals surface area contributed by atoms with Crippen molar-refractivity contribution in [1.29, 1.82) is 0 Å². The number of benzene rings is 2. The molecule has 0 saturated carbocycles. The molecular formula is C17H16Cl2N2O. The number of likely N-dealkylation sites (N-methyl/N-ethyl adjacent to an activating group) is 1. The summed E-state index contributed by atoms with van der Waals surface area (Å²) < 4.78 is 0. The third-order valence-electron chi connectivity index (χ3n) is 3.70. The van der Waals surface area contributed by atoms with Gasteiger partial charge in [0.15, 0.2) is 0 Å². The van der Waals surface area contributed by atoms with Gasteiger partial charge in [0.05, 0.1) is 18.4 Å². The fraction of sp³-hybridized carbons (Fsp3) is 0.235. The highest BCUT2D eigenvalue weighted by atomic mass is 35.5. The molecule has 2 aromatic rings. The zero-order valence-corrected chi connectivity index (χ0v) is 13.6. The SMILES string of the molecule is CN1CC(O)C/N=C(/c2ccccc2Cl)c2cc(Cl)ccc21. The Morgan fingerprint density at radius 3 is 2.68 bits per heavy atom. The van der Waals surface area contributed by atoms with Crippen molar-refractivity contribution in [2.24, 2.45) is 4.99 Å². The average molecular weight is 335 g/mol.